The molecule has 47 heavy (non-hydrogen) atoms. The minimum atomic E-state index is -0.935. The van der Waals surface area contributed by atoms with Gasteiger partial charge in [-0.3, -0.25) is 4.79 Å². The number of rotatable bonds is 5. The van der Waals surface area contributed by atoms with Crippen molar-refractivity contribution in [1.82, 2.24) is 0 Å². The topological polar surface area (TPSA) is 54.4 Å². The zero-order valence-electron chi connectivity index (χ0n) is 27.1. The van der Waals surface area contributed by atoms with Crippen molar-refractivity contribution in [3.8, 4) is 43.1 Å². The van der Waals surface area contributed by atoms with Crippen LogP contribution >= 0.6 is 22.7 Å². The largest absolute Gasteiger partial charge is 0.478 e. The monoisotopic (exact) mass is 654 g/mol. The van der Waals surface area contributed by atoms with Crippen LogP contribution in [0.2, 0.25) is 0 Å². The fourth-order valence-electron chi connectivity index (χ4n) is 5.62. The average Bonchev–Trinajstić information content (AvgIpc) is 3.78. The van der Waals surface area contributed by atoms with Crippen LogP contribution in [-0.4, -0.2) is 16.9 Å². The molecule has 7 rings (SSSR count). The number of aryl methyl sites for hydroxylation is 2. The highest BCUT2D eigenvalue weighted by molar-refractivity contribution is 7.18. The zero-order chi connectivity index (χ0) is 33.5. The first-order valence-corrected chi connectivity index (χ1v) is 17.3. The first-order valence-electron chi connectivity index (χ1n) is 15.6. The van der Waals surface area contributed by atoms with E-state index in [1.807, 2.05) is 13.0 Å². The summed E-state index contributed by atoms with van der Waals surface area (Å²) in [6, 6.07) is 40.3. The predicted molar refractivity (Wildman–Crippen MR) is 200 cm³/mol. The van der Waals surface area contributed by atoms with Crippen molar-refractivity contribution < 1.29 is 14.7 Å². The van der Waals surface area contributed by atoms with Crippen molar-refractivity contribution in [3.63, 3.8) is 0 Å². The molecule has 5 heteroatoms. The van der Waals surface area contributed by atoms with E-state index in [4.69, 9.17) is 5.11 Å². The van der Waals surface area contributed by atoms with Gasteiger partial charge in [0.2, 0.25) is 0 Å². The number of thiophene rings is 2. The molecule has 2 aromatic heterocycles. The average molecular weight is 655 g/mol. The van der Waals surface area contributed by atoms with Crippen LogP contribution in [0.5, 0.6) is 0 Å². The van der Waals surface area contributed by atoms with Crippen LogP contribution in [0, 0.1) is 19.8 Å². The fourth-order valence-corrected chi connectivity index (χ4v) is 7.94. The molecule has 4 aromatic carbocycles. The summed E-state index contributed by atoms with van der Waals surface area (Å²) >= 11 is 3.47. The molecule has 0 fully saturated rings. The van der Waals surface area contributed by atoms with Crippen LogP contribution in [0.15, 0.2) is 133 Å². The normalized spacial score (nSPS) is 13.1. The van der Waals surface area contributed by atoms with Gasteiger partial charge in [0, 0.05) is 32.4 Å². The summed E-state index contributed by atoms with van der Waals surface area (Å²) in [6.07, 6.45) is 0.862. The number of carbonyl (C=O) groups excluding carboxylic acids is 1. The quantitative estimate of drug-likeness (QED) is 0.188. The van der Waals surface area contributed by atoms with Gasteiger partial charge in [0.15, 0.2) is 5.78 Å². The second-order valence-electron chi connectivity index (χ2n) is 11.7. The van der Waals surface area contributed by atoms with Gasteiger partial charge in [-0.2, -0.15) is 0 Å². The highest BCUT2D eigenvalue weighted by Gasteiger charge is 2.34. The molecule has 1 atom stereocenters. The number of ketones is 1. The molecule has 1 aliphatic rings. The maximum atomic E-state index is 12.5. The van der Waals surface area contributed by atoms with Crippen molar-refractivity contribution in [2.75, 3.05) is 0 Å². The van der Waals surface area contributed by atoms with Gasteiger partial charge < -0.3 is 5.11 Å². The molecule has 0 saturated heterocycles. The van der Waals surface area contributed by atoms with Gasteiger partial charge in [0.05, 0.1) is 4.88 Å². The van der Waals surface area contributed by atoms with E-state index in [-0.39, 0.29) is 11.5 Å². The third-order valence-electron chi connectivity index (χ3n) is 8.14. The highest BCUT2D eigenvalue weighted by atomic mass is 32.1. The van der Waals surface area contributed by atoms with Gasteiger partial charge in [-0.15, -0.1) is 22.7 Å². The van der Waals surface area contributed by atoms with E-state index < -0.39 is 5.97 Å². The van der Waals surface area contributed by atoms with Crippen molar-refractivity contribution >= 4 is 34.4 Å². The summed E-state index contributed by atoms with van der Waals surface area (Å²) < 4.78 is 0. The van der Waals surface area contributed by atoms with Crippen molar-refractivity contribution in [1.29, 1.82) is 0 Å². The molecule has 0 saturated carbocycles. The van der Waals surface area contributed by atoms with Crippen LogP contribution < -0.4 is 0 Å². The minimum Gasteiger partial charge on any atom is -0.478 e. The molecular formula is C42H38O3S2. The maximum absolute atomic E-state index is 12.5. The van der Waals surface area contributed by atoms with E-state index in [9.17, 15) is 9.59 Å². The number of benzene rings is 4. The Morgan fingerprint density at radius 2 is 1.19 bits per heavy atom. The van der Waals surface area contributed by atoms with E-state index in [1.54, 1.807) is 22.7 Å². The molecule has 3 nitrogen and oxygen atoms in total. The van der Waals surface area contributed by atoms with Crippen molar-refractivity contribution in [2.45, 2.75) is 34.1 Å². The molecule has 0 radical (unpaired) electrons. The predicted octanol–water partition coefficient (Wildman–Crippen LogP) is 11.8. The zero-order valence-corrected chi connectivity index (χ0v) is 28.8. The Hall–Kier alpha value is -4.84. The van der Waals surface area contributed by atoms with Gasteiger partial charge in [-0.1, -0.05) is 123 Å². The Morgan fingerprint density at radius 1 is 0.702 bits per heavy atom. The summed E-state index contributed by atoms with van der Waals surface area (Å²) in [7, 11) is 0. The third-order valence-corrected chi connectivity index (χ3v) is 10.4. The van der Waals surface area contributed by atoms with Crippen molar-refractivity contribution in [2.24, 2.45) is 5.92 Å². The molecule has 0 spiro atoms. The summed E-state index contributed by atoms with van der Waals surface area (Å²) in [5.74, 6) is -0.513. The maximum Gasteiger partial charge on any atom is 0.330 e. The molecule has 6 aromatic rings. The number of carboxylic acid groups (broad SMARTS) is 1. The lowest BCUT2D eigenvalue weighted by Crippen LogP contribution is -2.02. The van der Waals surface area contributed by atoms with E-state index in [2.05, 4.69) is 135 Å². The van der Waals surface area contributed by atoms with E-state index in [0.717, 1.165) is 11.3 Å². The smallest absolute Gasteiger partial charge is 0.330 e. The first-order chi connectivity index (χ1) is 22.7. The summed E-state index contributed by atoms with van der Waals surface area (Å²) in [5.41, 5.74) is 11.7. The van der Waals surface area contributed by atoms with Gasteiger partial charge in [-0.05, 0) is 77.6 Å². The number of carboxylic acids is 1. The number of aliphatic carboxylic acids is 1. The lowest BCUT2D eigenvalue weighted by Gasteiger charge is -2.11. The van der Waals surface area contributed by atoms with Crippen LogP contribution in [0.1, 0.15) is 40.2 Å². The molecule has 0 aliphatic heterocycles. The molecule has 1 aliphatic carbocycles. The Bertz CT molecular complexity index is 2000. The van der Waals surface area contributed by atoms with E-state index >= 15 is 0 Å². The molecular weight excluding hydrogens is 617 g/mol. The molecule has 0 bridgehead atoms. The molecule has 1 N–H and O–H groups in total. The van der Waals surface area contributed by atoms with Gasteiger partial charge in [0.1, 0.15) is 0 Å². The highest BCUT2D eigenvalue weighted by Crippen LogP contribution is 2.48. The van der Waals surface area contributed by atoms with Crippen LogP contribution in [-0.2, 0) is 11.2 Å². The first kappa shape index (κ1) is 33.5. The molecule has 1 unspecified atom stereocenters. The van der Waals surface area contributed by atoms with E-state index in [1.165, 1.54) is 66.7 Å². The number of hydrogen-bond donors (Lipinski definition) is 1. The van der Waals surface area contributed by atoms with Gasteiger partial charge >= 0.3 is 5.97 Å². The second-order valence-corrected chi connectivity index (χ2v) is 13.6. The Labute approximate surface area is 285 Å². The van der Waals surface area contributed by atoms with E-state index in [0.29, 0.717) is 5.78 Å². The Morgan fingerprint density at radius 3 is 1.72 bits per heavy atom. The second kappa shape index (κ2) is 15.2. The van der Waals surface area contributed by atoms with Gasteiger partial charge in [-0.25, -0.2) is 4.79 Å². The number of hydrogen-bond acceptors (Lipinski definition) is 4. The fraction of sp³-hybridized carbons (Fsp3) is 0.143. The van der Waals surface area contributed by atoms with Crippen molar-refractivity contribution in [3.05, 3.63) is 154 Å². The number of fused-ring (bicyclic) bond motifs is 1. The van der Waals surface area contributed by atoms with Crippen LogP contribution in [0.3, 0.4) is 0 Å². The summed E-state index contributed by atoms with van der Waals surface area (Å²) in [6.45, 7) is 11.0. The SMILES string of the molecule is C=C(C)C(=O)O.Cc1ccccc1-c1c(-c2ccccc2)sc2c1CC(C)C2=O.Cc1ccccc1-c1ccsc1-c1ccccc1. The Kier molecular flexibility index (Phi) is 10.8. The number of Topliss-reactive ketones (excluding diaryl/α,β-unsaturated/α-hetero) is 1. The van der Waals surface area contributed by atoms with Gasteiger partial charge in [0.25, 0.3) is 0 Å². The van der Waals surface area contributed by atoms with Crippen LogP contribution in [0.25, 0.3) is 43.1 Å². The summed E-state index contributed by atoms with van der Waals surface area (Å²) in [4.78, 5) is 25.7. The molecule has 2 heterocycles. The standard InChI is InChI=1S/C21H18OS.C17H14S.C4H6O2/c1-13-8-6-7-11-16(13)18-17-12-14(2)19(22)21(17)23-20(18)15-9-4-3-5-10-15;1-13-7-5-6-10-15(13)16-11-12-18-17(16)14-8-3-2-4-9-14;1-3(2)4(5)6/h3-11,14H,12H2,1-2H3;2-12H,1H3;1H2,2H3,(H,5,6). The lowest BCUT2D eigenvalue weighted by atomic mass is 9.93. The lowest BCUT2D eigenvalue weighted by molar-refractivity contribution is -0.132. The minimum absolute atomic E-state index is 0.115. The summed E-state index contributed by atoms with van der Waals surface area (Å²) in [5, 5.41) is 10.1. The molecule has 0 amide bonds. The Balaban J connectivity index is 0.000000161. The number of carbonyl (C=O) groups is 2. The third kappa shape index (κ3) is 7.60. The molecule has 236 valence electrons. The van der Waals surface area contributed by atoms with Crippen LogP contribution in [0.4, 0.5) is 0 Å².